The number of aryl methyl sites for hydroxylation is 1. The molecule has 0 aliphatic carbocycles. The molecule has 27 heavy (non-hydrogen) atoms. The van der Waals surface area contributed by atoms with E-state index in [9.17, 15) is 14.7 Å². The molecule has 0 spiro atoms. The van der Waals surface area contributed by atoms with Crippen molar-refractivity contribution in [1.82, 2.24) is 4.57 Å². The number of aromatic nitrogens is 1. The summed E-state index contributed by atoms with van der Waals surface area (Å²) in [6.07, 6.45) is 0. The van der Waals surface area contributed by atoms with Gasteiger partial charge in [-0.25, -0.2) is 4.79 Å². The molecule has 0 saturated heterocycles. The SMILES string of the molecule is CN=C(c1ccccc1)c1c(O)n(C(C)=O)c2cc(C(=O)OC)c(C)cc12. The molecule has 3 rings (SSSR count). The van der Waals surface area contributed by atoms with Crippen molar-refractivity contribution in [2.24, 2.45) is 4.99 Å². The highest BCUT2D eigenvalue weighted by molar-refractivity contribution is 6.22. The topological polar surface area (TPSA) is 80.9 Å². The molecule has 138 valence electrons. The first kappa shape index (κ1) is 18.4. The van der Waals surface area contributed by atoms with Gasteiger partial charge in [0.1, 0.15) is 0 Å². The third kappa shape index (κ3) is 2.99. The summed E-state index contributed by atoms with van der Waals surface area (Å²) >= 11 is 0. The van der Waals surface area contributed by atoms with E-state index in [0.717, 1.165) is 5.56 Å². The van der Waals surface area contributed by atoms with E-state index in [1.54, 1.807) is 26.1 Å². The maximum Gasteiger partial charge on any atom is 0.338 e. The van der Waals surface area contributed by atoms with E-state index >= 15 is 0 Å². The molecule has 3 aromatic rings. The van der Waals surface area contributed by atoms with Crippen LogP contribution < -0.4 is 0 Å². The van der Waals surface area contributed by atoms with Gasteiger partial charge in [-0.05, 0) is 24.6 Å². The van der Waals surface area contributed by atoms with Crippen LogP contribution in [0.25, 0.3) is 10.9 Å². The zero-order valence-electron chi connectivity index (χ0n) is 15.6. The lowest BCUT2D eigenvalue weighted by molar-refractivity contribution is 0.0599. The Morgan fingerprint density at radius 2 is 1.81 bits per heavy atom. The van der Waals surface area contributed by atoms with Gasteiger partial charge in [-0.15, -0.1) is 0 Å². The predicted molar refractivity (Wildman–Crippen MR) is 104 cm³/mol. The van der Waals surface area contributed by atoms with Gasteiger partial charge in [-0.1, -0.05) is 30.3 Å². The molecule has 0 aliphatic rings. The van der Waals surface area contributed by atoms with Crippen LogP contribution in [0.2, 0.25) is 0 Å². The number of methoxy groups -OCH3 is 1. The lowest BCUT2D eigenvalue weighted by atomic mass is 9.98. The van der Waals surface area contributed by atoms with Gasteiger partial charge in [0.25, 0.3) is 0 Å². The van der Waals surface area contributed by atoms with Gasteiger partial charge in [0.15, 0.2) is 0 Å². The Labute approximate surface area is 156 Å². The molecule has 0 bridgehead atoms. The fourth-order valence-corrected chi connectivity index (χ4v) is 3.29. The predicted octanol–water partition coefficient (Wildman–Crippen LogP) is 3.57. The monoisotopic (exact) mass is 364 g/mol. The zero-order chi connectivity index (χ0) is 19.7. The Kier molecular flexibility index (Phi) is 4.81. The second-order valence-corrected chi connectivity index (χ2v) is 6.17. The van der Waals surface area contributed by atoms with E-state index in [-0.39, 0.29) is 11.8 Å². The molecule has 0 amide bonds. The number of benzene rings is 2. The number of rotatable bonds is 3. The fraction of sp³-hybridized carbons (Fsp3) is 0.190. The van der Waals surface area contributed by atoms with Crippen LogP contribution in [-0.2, 0) is 4.74 Å². The van der Waals surface area contributed by atoms with Crippen molar-refractivity contribution in [3.63, 3.8) is 0 Å². The van der Waals surface area contributed by atoms with Crippen LogP contribution in [0, 0.1) is 6.92 Å². The normalized spacial score (nSPS) is 11.6. The van der Waals surface area contributed by atoms with Gasteiger partial charge in [0.05, 0.1) is 29.5 Å². The minimum absolute atomic E-state index is 0.205. The molecular weight excluding hydrogens is 344 g/mol. The molecular formula is C21H20N2O4. The summed E-state index contributed by atoms with van der Waals surface area (Å²) in [4.78, 5) is 28.6. The van der Waals surface area contributed by atoms with Crippen LogP contribution >= 0.6 is 0 Å². The standard InChI is InChI=1S/C21H20N2O4/c1-12-10-16-17(11-15(12)21(26)27-4)23(13(2)24)20(25)18(16)19(22-3)14-8-6-5-7-9-14/h5-11,25H,1-4H3. The van der Waals surface area contributed by atoms with Gasteiger partial charge >= 0.3 is 5.97 Å². The summed E-state index contributed by atoms with van der Waals surface area (Å²) in [6.45, 7) is 3.13. The maximum atomic E-state index is 12.2. The first-order chi connectivity index (χ1) is 12.9. The second kappa shape index (κ2) is 7.07. The Balaban J connectivity index is 2.40. The number of nitrogens with zero attached hydrogens (tertiary/aromatic N) is 2. The third-order valence-electron chi connectivity index (χ3n) is 4.52. The molecule has 0 radical (unpaired) electrons. The van der Waals surface area contributed by atoms with E-state index in [1.165, 1.54) is 18.6 Å². The van der Waals surface area contributed by atoms with Crippen molar-refractivity contribution in [2.75, 3.05) is 14.2 Å². The van der Waals surface area contributed by atoms with Crippen molar-refractivity contribution >= 4 is 28.5 Å². The van der Waals surface area contributed by atoms with Crippen molar-refractivity contribution in [3.8, 4) is 5.88 Å². The highest BCUT2D eigenvalue weighted by atomic mass is 16.5. The highest BCUT2D eigenvalue weighted by Gasteiger charge is 2.25. The van der Waals surface area contributed by atoms with Crippen molar-refractivity contribution in [3.05, 3.63) is 64.7 Å². The van der Waals surface area contributed by atoms with Crippen molar-refractivity contribution in [1.29, 1.82) is 0 Å². The van der Waals surface area contributed by atoms with Crippen LogP contribution in [0.15, 0.2) is 47.5 Å². The highest BCUT2D eigenvalue weighted by Crippen LogP contribution is 2.35. The molecule has 0 fully saturated rings. The summed E-state index contributed by atoms with van der Waals surface area (Å²) in [6, 6.07) is 12.7. The lowest BCUT2D eigenvalue weighted by Crippen LogP contribution is -2.07. The Morgan fingerprint density at radius 1 is 1.15 bits per heavy atom. The van der Waals surface area contributed by atoms with Crippen LogP contribution in [0.4, 0.5) is 0 Å². The Bertz CT molecular complexity index is 1080. The minimum Gasteiger partial charge on any atom is -0.494 e. The van der Waals surface area contributed by atoms with E-state index in [0.29, 0.717) is 33.3 Å². The van der Waals surface area contributed by atoms with Gasteiger partial charge in [0, 0.05) is 24.9 Å². The zero-order valence-corrected chi connectivity index (χ0v) is 15.6. The first-order valence-corrected chi connectivity index (χ1v) is 8.40. The smallest absolute Gasteiger partial charge is 0.338 e. The number of hydrogen-bond acceptors (Lipinski definition) is 5. The molecule has 0 aliphatic heterocycles. The Morgan fingerprint density at radius 3 is 2.37 bits per heavy atom. The maximum absolute atomic E-state index is 12.2. The molecule has 0 saturated carbocycles. The number of carbonyl (C=O) groups excluding carboxylic acids is 2. The average Bonchev–Trinajstić information content (AvgIpc) is 2.93. The van der Waals surface area contributed by atoms with Crippen molar-refractivity contribution in [2.45, 2.75) is 13.8 Å². The quantitative estimate of drug-likeness (QED) is 0.569. The third-order valence-corrected chi connectivity index (χ3v) is 4.52. The summed E-state index contributed by atoms with van der Waals surface area (Å²) in [5.74, 6) is -1.07. The number of ether oxygens (including phenoxy) is 1. The van der Waals surface area contributed by atoms with Gasteiger partial charge < -0.3 is 9.84 Å². The summed E-state index contributed by atoms with van der Waals surface area (Å²) < 4.78 is 6.01. The van der Waals surface area contributed by atoms with Crippen molar-refractivity contribution < 1.29 is 19.4 Å². The summed E-state index contributed by atoms with van der Waals surface area (Å²) in [5.41, 5.74) is 3.27. The molecule has 0 atom stereocenters. The molecule has 1 N–H and O–H groups in total. The molecule has 0 unspecified atom stereocenters. The Hall–Kier alpha value is -3.41. The van der Waals surface area contributed by atoms with Crippen LogP contribution in [0.1, 0.15) is 38.8 Å². The number of aromatic hydroxyl groups is 1. The van der Waals surface area contributed by atoms with E-state index < -0.39 is 5.97 Å². The summed E-state index contributed by atoms with van der Waals surface area (Å²) in [7, 11) is 2.94. The molecule has 1 aromatic heterocycles. The minimum atomic E-state index is -0.501. The number of hydrogen-bond donors (Lipinski definition) is 1. The molecule has 6 nitrogen and oxygen atoms in total. The fourth-order valence-electron chi connectivity index (χ4n) is 3.29. The first-order valence-electron chi connectivity index (χ1n) is 8.40. The number of esters is 1. The molecule has 6 heteroatoms. The number of carbonyl (C=O) groups is 2. The molecule has 1 heterocycles. The van der Waals surface area contributed by atoms with Crippen LogP contribution in [-0.4, -0.2) is 41.4 Å². The lowest BCUT2D eigenvalue weighted by Gasteiger charge is -2.07. The summed E-state index contributed by atoms with van der Waals surface area (Å²) in [5, 5.41) is 11.5. The van der Waals surface area contributed by atoms with Crippen LogP contribution in [0.3, 0.4) is 0 Å². The van der Waals surface area contributed by atoms with Gasteiger partial charge in [0.2, 0.25) is 11.8 Å². The van der Waals surface area contributed by atoms with E-state index in [4.69, 9.17) is 4.74 Å². The largest absolute Gasteiger partial charge is 0.494 e. The van der Waals surface area contributed by atoms with E-state index in [2.05, 4.69) is 4.99 Å². The average molecular weight is 364 g/mol. The number of aliphatic imine (C=N–C) groups is 1. The van der Waals surface area contributed by atoms with Crippen LogP contribution in [0.5, 0.6) is 5.88 Å². The number of fused-ring (bicyclic) bond motifs is 1. The van der Waals surface area contributed by atoms with Gasteiger partial charge in [-0.3, -0.25) is 14.4 Å². The second-order valence-electron chi connectivity index (χ2n) is 6.17. The van der Waals surface area contributed by atoms with E-state index in [1.807, 2.05) is 30.3 Å². The van der Waals surface area contributed by atoms with Gasteiger partial charge in [-0.2, -0.15) is 0 Å². The molecule has 2 aromatic carbocycles.